The van der Waals surface area contributed by atoms with E-state index in [0.717, 1.165) is 10.5 Å². The molecular formula is C23H20N2O4S. The number of anilines is 2. The molecule has 7 heteroatoms. The van der Waals surface area contributed by atoms with Gasteiger partial charge in [-0.3, -0.25) is 9.59 Å². The third-order valence-electron chi connectivity index (χ3n) is 4.09. The molecule has 3 aromatic rings. The largest absolute Gasteiger partial charge is 0.478 e. The molecule has 0 saturated carbocycles. The van der Waals surface area contributed by atoms with Crippen LogP contribution in [-0.2, 0) is 16.0 Å². The summed E-state index contributed by atoms with van der Waals surface area (Å²) in [5.41, 5.74) is 2.14. The summed E-state index contributed by atoms with van der Waals surface area (Å²) >= 11 is 1.32. The molecule has 0 spiro atoms. The molecule has 0 aliphatic rings. The van der Waals surface area contributed by atoms with Crippen LogP contribution in [-0.4, -0.2) is 28.6 Å². The topological polar surface area (TPSA) is 95.5 Å². The Kier molecular flexibility index (Phi) is 7.24. The van der Waals surface area contributed by atoms with Crippen LogP contribution in [0.1, 0.15) is 15.9 Å². The third kappa shape index (κ3) is 6.49. The van der Waals surface area contributed by atoms with Crippen LogP contribution in [0.3, 0.4) is 0 Å². The SMILES string of the molecule is O=C(CSc1cccc(NC(=O)Cc2ccccc2)c1)Nc1cccc(C(=O)O)c1. The highest BCUT2D eigenvalue weighted by atomic mass is 32.2. The molecule has 0 atom stereocenters. The molecule has 0 aliphatic heterocycles. The van der Waals surface area contributed by atoms with Crippen molar-refractivity contribution in [3.05, 3.63) is 90.0 Å². The lowest BCUT2D eigenvalue weighted by Gasteiger charge is -2.08. The van der Waals surface area contributed by atoms with Gasteiger partial charge < -0.3 is 15.7 Å². The highest BCUT2D eigenvalue weighted by Gasteiger charge is 2.08. The van der Waals surface area contributed by atoms with E-state index >= 15 is 0 Å². The molecule has 0 aliphatic carbocycles. The van der Waals surface area contributed by atoms with Crippen LogP contribution >= 0.6 is 11.8 Å². The van der Waals surface area contributed by atoms with Gasteiger partial charge in [-0.1, -0.05) is 42.5 Å². The molecule has 3 rings (SSSR count). The average Bonchev–Trinajstić information content (AvgIpc) is 2.73. The minimum absolute atomic E-state index is 0.111. The van der Waals surface area contributed by atoms with Crippen molar-refractivity contribution >= 4 is 40.9 Å². The number of rotatable bonds is 8. The van der Waals surface area contributed by atoms with Gasteiger partial charge in [0.05, 0.1) is 17.7 Å². The number of nitrogens with one attached hydrogen (secondary N) is 2. The third-order valence-corrected chi connectivity index (χ3v) is 5.08. The summed E-state index contributed by atoms with van der Waals surface area (Å²) < 4.78 is 0. The minimum atomic E-state index is -1.05. The van der Waals surface area contributed by atoms with Crippen molar-refractivity contribution in [3.63, 3.8) is 0 Å². The van der Waals surface area contributed by atoms with Crippen molar-refractivity contribution in [2.24, 2.45) is 0 Å². The van der Waals surface area contributed by atoms with Gasteiger partial charge in [-0.05, 0) is 42.0 Å². The standard InChI is InChI=1S/C23H20N2O4S/c26-21(12-16-6-2-1-3-7-16)24-19-10-5-11-20(14-19)30-15-22(27)25-18-9-4-8-17(13-18)23(28)29/h1-11,13-14H,12,15H2,(H,24,26)(H,25,27)(H,28,29). The molecule has 2 amide bonds. The van der Waals surface area contributed by atoms with Gasteiger partial charge in [0.25, 0.3) is 0 Å². The fourth-order valence-corrected chi connectivity index (χ4v) is 3.48. The van der Waals surface area contributed by atoms with E-state index in [4.69, 9.17) is 5.11 Å². The number of amides is 2. The van der Waals surface area contributed by atoms with E-state index in [9.17, 15) is 14.4 Å². The van der Waals surface area contributed by atoms with Gasteiger partial charge in [0.15, 0.2) is 0 Å². The second kappa shape index (κ2) is 10.3. The second-order valence-corrected chi connectivity index (χ2v) is 7.51. The van der Waals surface area contributed by atoms with Gasteiger partial charge in [-0.2, -0.15) is 0 Å². The van der Waals surface area contributed by atoms with E-state index in [1.54, 1.807) is 18.2 Å². The van der Waals surface area contributed by atoms with Crippen LogP contribution in [0.25, 0.3) is 0 Å². The first-order chi connectivity index (χ1) is 14.5. The molecular weight excluding hydrogens is 400 g/mol. The van der Waals surface area contributed by atoms with Crippen LogP contribution in [0.15, 0.2) is 83.8 Å². The zero-order valence-corrected chi connectivity index (χ0v) is 16.8. The molecule has 3 N–H and O–H groups in total. The molecule has 3 aromatic carbocycles. The summed E-state index contributed by atoms with van der Waals surface area (Å²) in [4.78, 5) is 36.2. The highest BCUT2D eigenvalue weighted by molar-refractivity contribution is 8.00. The minimum Gasteiger partial charge on any atom is -0.478 e. The molecule has 0 saturated heterocycles. The summed E-state index contributed by atoms with van der Waals surface area (Å²) in [7, 11) is 0. The lowest BCUT2D eigenvalue weighted by Crippen LogP contribution is -2.15. The second-order valence-electron chi connectivity index (χ2n) is 6.46. The van der Waals surface area contributed by atoms with E-state index in [2.05, 4.69) is 10.6 Å². The first kappa shape index (κ1) is 21.1. The quantitative estimate of drug-likeness (QED) is 0.472. The van der Waals surface area contributed by atoms with E-state index in [1.165, 1.54) is 23.9 Å². The highest BCUT2D eigenvalue weighted by Crippen LogP contribution is 2.22. The number of carbonyl (C=O) groups excluding carboxylic acids is 2. The van der Waals surface area contributed by atoms with Crippen molar-refractivity contribution < 1.29 is 19.5 Å². The predicted molar refractivity (Wildman–Crippen MR) is 118 cm³/mol. The molecule has 0 aromatic heterocycles. The molecule has 0 radical (unpaired) electrons. The Morgan fingerprint density at radius 2 is 1.43 bits per heavy atom. The fraction of sp³-hybridized carbons (Fsp3) is 0.0870. The van der Waals surface area contributed by atoms with Gasteiger partial charge in [-0.25, -0.2) is 4.79 Å². The van der Waals surface area contributed by atoms with E-state index in [0.29, 0.717) is 11.4 Å². The maximum absolute atomic E-state index is 12.2. The van der Waals surface area contributed by atoms with Crippen LogP contribution in [0.4, 0.5) is 11.4 Å². The Balaban J connectivity index is 1.52. The average molecular weight is 420 g/mol. The molecule has 0 bridgehead atoms. The number of benzene rings is 3. The normalized spacial score (nSPS) is 10.3. The van der Waals surface area contributed by atoms with Crippen LogP contribution in [0.5, 0.6) is 0 Å². The molecule has 0 heterocycles. The molecule has 6 nitrogen and oxygen atoms in total. The van der Waals surface area contributed by atoms with Gasteiger partial charge >= 0.3 is 5.97 Å². The van der Waals surface area contributed by atoms with Crippen LogP contribution < -0.4 is 10.6 Å². The fourth-order valence-electron chi connectivity index (χ4n) is 2.73. The number of carboxylic acid groups (broad SMARTS) is 1. The van der Waals surface area contributed by atoms with Gasteiger partial charge in [-0.15, -0.1) is 11.8 Å². The maximum atomic E-state index is 12.2. The number of carbonyl (C=O) groups is 3. The zero-order valence-electron chi connectivity index (χ0n) is 16.0. The summed E-state index contributed by atoms with van der Waals surface area (Å²) in [6.45, 7) is 0. The van der Waals surface area contributed by atoms with Crippen molar-refractivity contribution in [3.8, 4) is 0 Å². The van der Waals surface area contributed by atoms with E-state index in [-0.39, 0.29) is 29.6 Å². The Morgan fingerprint density at radius 1 is 0.767 bits per heavy atom. The molecule has 152 valence electrons. The van der Waals surface area contributed by atoms with E-state index in [1.807, 2.05) is 48.5 Å². The molecule has 30 heavy (non-hydrogen) atoms. The monoisotopic (exact) mass is 420 g/mol. The first-order valence-corrected chi connectivity index (χ1v) is 10.2. The first-order valence-electron chi connectivity index (χ1n) is 9.19. The van der Waals surface area contributed by atoms with E-state index < -0.39 is 5.97 Å². The Morgan fingerprint density at radius 3 is 2.17 bits per heavy atom. The van der Waals surface area contributed by atoms with Crippen molar-refractivity contribution in [2.75, 3.05) is 16.4 Å². The van der Waals surface area contributed by atoms with Gasteiger partial charge in [0.1, 0.15) is 0 Å². The Labute approximate surface area is 178 Å². The summed E-state index contributed by atoms with van der Waals surface area (Å²) in [6.07, 6.45) is 0.288. The summed E-state index contributed by atoms with van der Waals surface area (Å²) in [6, 6.07) is 22.9. The lowest BCUT2D eigenvalue weighted by atomic mass is 10.1. The van der Waals surface area contributed by atoms with Crippen molar-refractivity contribution in [2.45, 2.75) is 11.3 Å². The van der Waals surface area contributed by atoms with Crippen molar-refractivity contribution in [1.82, 2.24) is 0 Å². The zero-order chi connectivity index (χ0) is 21.3. The number of thioether (sulfide) groups is 1. The predicted octanol–water partition coefficient (Wildman–Crippen LogP) is 4.30. The van der Waals surface area contributed by atoms with Crippen molar-refractivity contribution in [1.29, 1.82) is 0 Å². The number of aromatic carboxylic acids is 1. The van der Waals surface area contributed by atoms with Crippen LogP contribution in [0, 0.1) is 0 Å². The lowest BCUT2D eigenvalue weighted by molar-refractivity contribution is -0.115. The van der Waals surface area contributed by atoms with Gasteiger partial charge in [0.2, 0.25) is 11.8 Å². The number of carboxylic acids is 1. The summed E-state index contributed by atoms with van der Waals surface area (Å²) in [5, 5.41) is 14.6. The van der Waals surface area contributed by atoms with Gasteiger partial charge in [0, 0.05) is 16.3 Å². The molecule has 0 unspecified atom stereocenters. The Hall–Kier alpha value is -3.58. The summed E-state index contributed by atoms with van der Waals surface area (Å²) in [5.74, 6) is -1.26. The van der Waals surface area contributed by atoms with Crippen LogP contribution in [0.2, 0.25) is 0 Å². The smallest absolute Gasteiger partial charge is 0.335 e. The number of hydrogen-bond donors (Lipinski definition) is 3. The number of hydrogen-bond acceptors (Lipinski definition) is 4. The maximum Gasteiger partial charge on any atom is 0.335 e. The Bertz CT molecular complexity index is 1050. The molecule has 0 fully saturated rings.